The van der Waals surface area contributed by atoms with Crippen LogP contribution in [0.5, 0.6) is 0 Å². The molecule has 0 spiro atoms. The van der Waals surface area contributed by atoms with Gasteiger partial charge in [-0.15, -0.1) is 0 Å². The van der Waals surface area contributed by atoms with Crippen LogP contribution in [0, 0.1) is 19.3 Å². The molecular formula is C81H82BN3O. The molecule has 3 heterocycles. The molecule has 0 N–H and O–H groups in total. The molecule has 430 valence electrons. The Morgan fingerprint density at radius 2 is 1.08 bits per heavy atom. The summed E-state index contributed by atoms with van der Waals surface area (Å²) in [6.45, 7) is 37.6. The highest BCUT2D eigenvalue weighted by Gasteiger charge is 2.53. The number of anilines is 7. The van der Waals surface area contributed by atoms with E-state index < -0.39 is 0 Å². The predicted octanol–water partition coefficient (Wildman–Crippen LogP) is 21.1. The monoisotopic (exact) mass is 1120 g/mol. The van der Waals surface area contributed by atoms with Crippen LogP contribution in [0.4, 0.5) is 39.8 Å². The fraction of sp³-hybridized carbons (Fsp3) is 0.284. The molecule has 2 aliphatic carbocycles. The molecule has 5 heteroatoms. The minimum absolute atomic E-state index is 0.000303. The molecule has 10 aromatic rings. The molecule has 1 aromatic heterocycles. The third-order valence-electron chi connectivity index (χ3n) is 19.7. The maximum Gasteiger partial charge on any atom is 0.226 e. The summed E-state index contributed by atoms with van der Waals surface area (Å²) in [5.74, 6) is 0.0482. The molecule has 4 nitrogen and oxygen atoms in total. The first-order valence-electron chi connectivity index (χ1n) is 31.3. The van der Waals surface area contributed by atoms with Crippen molar-refractivity contribution in [1.82, 2.24) is 0 Å². The first-order valence-corrected chi connectivity index (χ1v) is 31.3. The van der Waals surface area contributed by atoms with E-state index in [1.165, 1.54) is 101 Å². The largest absolute Gasteiger partial charge is 0.456 e. The number of benzene rings is 9. The smallest absolute Gasteiger partial charge is 0.226 e. The lowest BCUT2D eigenvalue weighted by Crippen LogP contribution is -2.63. The molecular weight excluding hydrogens is 1040 g/mol. The third kappa shape index (κ3) is 8.84. The van der Waals surface area contributed by atoms with Gasteiger partial charge in [-0.3, -0.25) is 0 Å². The molecule has 4 aliphatic rings. The van der Waals surface area contributed by atoms with Crippen LogP contribution in [0.1, 0.15) is 136 Å². The van der Waals surface area contributed by atoms with Gasteiger partial charge in [0, 0.05) is 61.8 Å². The summed E-state index contributed by atoms with van der Waals surface area (Å²) in [7, 11) is 0. The van der Waals surface area contributed by atoms with Crippen molar-refractivity contribution in [3.63, 3.8) is 0 Å². The van der Waals surface area contributed by atoms with Gasteiger partial charge in [-0.25, -0.2) is 0 Å². The Bertz CT molecular complexity index is 4440. The quantitative estimate of drug-likeness (QED) is 0.155. The Kier molecular flexibility index (Phi) is 12.5. The van der Waals surface area contributed by atoms with Crippen LogP contribution in [0.2, 0.25) is 5.82 Å². The highest BCUT2D eigenvalue weighted by Crippen LogP contribution is 2.56. The molecule has 0 saturated heterocycles. The Morgan fingerprint density at radius 3 is 1.78 bits per heavy atom. The molecule has 2 unspecified atom stereocenters. The number of furan rings is 1. The standard InChI is InChI=1S/C81H82BN3O/c1-49-42-54(79(9,10)11)43-50(2)76(49)83(56-35-30-52(31-36-56)77(3,4)5)59-38-41-67-69(48-59)84(57-33-28-51(29-34-57)60-24-21-27-73-74(60)63-23-18-20-26-72(63)86-73)70-45-55(80(12,13)14)46-71-75(70)82(67)66-40-32-53(78(6,7)8)44-68(66)85(71)58-37-39-62-61-22-17-19-25-64(61)81(15,16)65(62)47-58/h17-48,70,75H,1-16H3. The lowest BCUT2D eigenvalue weighted by atomic mass is 9.28. The summed E-state index contributed by atoms with van der Waals surface area (Å²) in [4.78, 5) is 7.98. The lowest BCUT2D eigenvalue weighted by Gasteiger charge is -2.54. The van der Waals surface area contributed by atoms with Gasteiger partial charge in [0.1, 0.15) is 11.2 Å². The maximum atomic E-state index is 6.46. The zero-order valence-corrected chi connectivity index (χ0v) is 53.5. The van der Waals surface area contributed by atoms with Crippen molar-refractivity contribution in [3.8, 4) is 22.3 Å². The van der Waals surface area contributed by atoms with E-state index in [-0.39, 0.29) is 45.6 Å². The van der Waals surface area contributed by atoms with E-state index >= 15 is 0 Å². The first-order chi connectivity index (χ1) is 40.8. The molecule has 86 heavy (non-hydrogen) atoms. The Hall–Kier alpha value is -8.28. The van der Waals surface area contributed by atoms with E-state index in [1.54, 1.807) is 0 Å². The second-order valence-electron chi connectivity index (χ2n) is 30.0. The van der Waals surface area contributed by atoms with Gasteiger partial charge in [0.15, 0.2) is 0 Å². The number of para-hydroxylation sites is 1. The van der Waals surface area contributed by atoms with Gasteiger partial charge in [-0.05, 0) is 186 Å². The van der Waals surface area contributed by atoms with E-state index in [4.69, 9.17) is 4.42 Å². The molecule has 2 aliphatic heterocycles. The van der Waals surface area contributed by atoms with Crippen LogP contribution < -0.4 is 25.6 Å². The summed E-state index contributed by atoms with van der Waals surface area (Å²) in [6.07, 6.45) is 5.25. The van der Waals surface area contributed by atoms with Gasteiger partial charge < -0.3 is 19.1 Å². The van der Waals surface area contributed by atoms with E-state index in [1.807, 2.05) is 0 Å². The maximum absolute atomic E-state index is 6.46. The van der Waals surface area contributed by atoms with Crippen molar-refractivity contribution in [2.24, 2.45) is 5.41 Å². The number of nitrogens with zero attached hydrogens (tertiary/aromatic N) is 3. The first kappa shape index (κ1) is 55.6. The van der Waals surface area contributed by atoms with Gasteiger partial charge in [0.2, 0.25) is 6.71 Å². The van der Waals surface area contributed by atoms with Crippen molar-refractivity contribution < 1.29 is 4.42 Å². The van der Waals surface area contributed by atoms with Crippen molar-refractivity contribution in [3.05, 3.63) is 244 Å². The number of fused-ring (bicyclic) bond motifs is 10. The van der Waals surface area contributed by atoms with E-state index in [0.717, 1.165) is 44.6 Å². The molecule has 9 aromatic carbocycles. The number of aryl methyl sites for hydroxylation is 2. The molecule has 0 fully saturated rings. The topological polar surface area (TPSA) is 22.9 Å². The number of rotatable bonds is 6. The highest BCUT2D eigenvalue weighted by atomic mass is 16.3. The zero-order chi connectivity index (χ0) is 60.3. The third-order valence-corrected chi connectivity index (χ3v) is 19.7. The highest BCUT2D eigenvalue weighted by molar-refractivity contribution is 6.90. The average molecular weight is 1120 g/mol. The minimum Gasteiger partial charge on any atom is -0.456 e. The van der Waals surface area contributed by atoms with Crippen LogP contribution in [-0.4, -0.2) is 12.8 Å². The van der Waals surface area contributed by atoms with E-state index in [0.29, 0.717) is 0 Å². The van der Waals surface area contributed by atoms with Crippen molar-refractivity contribution in [2.45, 2.75) is 144 Å². The van der Waals surface area contributed by atoms with E-state index in [2.05, 4.69) is 320 Å². The SMILES string of the molecule is Cc1cc(C(C)(C)C)cc(C)c1N(c1ccc(C(C)(C)C)cc1)c1ccc2c(c1)N(c1ccc(-c3cccc4oc5ccccc5c34)cc1)C1C=C(C(C)(C)C)C=C3C1B2c1ccc(C(C)(C)C)cc1N3c1ccc2c(c1)C(C)(C)c1ccccc1-2. The number of allylic oxidation sites excluding steroid dienone is 2. The van der Waals surface area contributed by atoms with Crippen LogP contribution >= 0.6 is 0 Å². The molecule has 2 atom stereocenters. The van der Waals surface area contributed by atoms with Gasteiger partial charge >= 0.3 is 0 Å². The molecule has 0 radical (unpaired) electrons. The van der Waals surface area contributed by atoms with Gasteiger partial charge in [0.05, 0.1) is 11.7 Å². The van der Waals surface area contributed by atoms with Crippen LogP contribution in [-0.2, 0) is 21.7 Å². The Morgan fingerprint density at radius 1 is 0.488 bits per heavy atom. The Balaban J connectivity index is 1.03. The molecule has 0 saturated carbocycles. The molecule has 0 bridgehead atoms. The van der Waals surface area contributed by atoms with Crippen molar-refractivity contribution in [1.29, 1.82) is 0 Å². The van der Waals surface area contributed by atoms with Gasteiger partial charge in [-0.2, -0.15) is 0 Å². The lowest BCUT2D eigenvalue weighted by molar-refractivity contribution is 0.505. The summed E-state index contributed by atoms with van der Waals surface area (Å²) >= 11 is 0. The summed E-state index contributed by atoms with van der Waals surface area (Å²) in [5.41, 5.74) is 29.5. The minimum atomic E-state index is -0.164. The molecule has 14 rings (SSSR count). The summed E-state index contributed by atoms with van der Waals surface area (Å²) in [5, 5.41) is 2.29. The fourth-order valence-corrected chi connectivity index (χ4v) is 15.0. The normalized spacial score (nSPS) is 17.0. The van der Waals surface area contributed by atoms with Gasteiger partial charge in [-0.1, -0.05) is 218 Å². The van der Waals surface area contributed by atoms with Crippen LogP contribution in [0.25, 0.3) is 44.2 Å². The number of hydrogen-bond donors (Lipinski definition) is 0. The fourth-order valence-electron chi connectivity index (χ4n) is 15.0. The molecule has 0 amide bonds. The van der Waals surface area contributed by atoms with Crippen LogP contribution in [0.15, 0.2) is 210 Å². The van der Waals surface area contributed by atoms with Crippen LogP contribution in [0.3, 0.4) is 0 Å². The second-order valence-corrected chi connectivity index (χ2v) is 30.0. The summed E-state index contributed by atoms with van der Waals surface area (Å²) in [6, 6.07) is 69.9. The summed E-state index contributed by atoms with van der Waals surface area (Å²) < 4.78 is 6.46. The van der Waals surface area contributed by atoms with Crippen molar-refractivity contribution >= 4 is 79.4 Å². The zero-order valence-electron chi connectivity index (χ0n) is 53.5. The second kappa shape index (κ2) is 19.4. The average Bonchev–Trinajstić information content (AvgIpc) is 0.849. The van der Waals surface area contributed by atoms with Gasteiger partial charge in [0.25, 0.3) is 0 Å². The van der Waals surface area contributed by atoms with Crippen molar-refractivity contribution in [2.75, 3.05) is 14.7 Å². The predicted molar refractivity (Wildman–Crippen MR) is 369 cm³/mol. The van der Waals surface area contributed by atoms with E-state index in [9.17, 15) is 0 Å². The number of hydrogen-bond acceptors (Lipinski definition) is 4. The Labute approximate surface area is 512 Å².